The summed E-state index contributed by atoms with van der Waals surface area (Å²) in [7, 11) is 0. The van der Waals surface area contributed by atoms with Crippen LogP contribution < -0.4 is 0 Å². The fraction of sp³-hybridized carbons (Fsp3) is 0.545. The van der Waals surface area contributed by atoms with Crippen molar-refractivity contribution in [2.75, 3.05) is 13.2 Å². The number of hydrogen-bond acceptors (Lipinski definition) is 4. The molecule has 0 N–H and O–H groups in total. The first-order valence-electron chi connectivity index (χ1n) is 5.86. The minimum Gasteiger partial charge on any atom is -0.381 e. The quantitative estimate of drug-likeness (QED) is 0.838. The van der Waals surface area contributed by atoms with E-state index in [-0.39, 0.29) is 10.7 Å². The number of rotatable bonds is 2. The summed E-state index contributed by atoms with van der Waals surface area (Å²) < 4.78 is 20.4. The zero-order chi connectivity index (χ0) is 12.5. The number of halogens is 2. The topological polar surface area (TPSA) is 52.8 Å². The average Bonchev–Trinajstić information content (AvgIpc) is 2.67. The van der Waals surface area contributed by atoms with Crippen LogP contribution in [0.5, 0.6) is 0 Å². The summed E-state index contributed by atoms with van der Waals surface area (Å²) in [5.41, 5.74) is 0.581. The van der Waals surface area contributed by atoms with Gasteiger partial charge in [-0.25, -0.2) is 14.6 Å². The first-order chi connectivity index (χ1) is 8.74. The lowest BCUT2D eigenvalue weighted by molar-refractivity contribution is 0.0603. The lowest BCUT2D eigenvalue weighted by Crippen LogP contribution is -2.21. The normalized spacial score (nSPS) is 17.4. The number of nitrogens with zero attached hydrogens (tertiary/aromatic N) is 4. The summed E-state index contributed by atoms with van der Waals surface area (Å²) in [6.45, 7) is 2.12. The molecule has 0 spiro atoms. The van der Waals surface area contributed by atoms with Crippen LogP contribution in [0.15, 0.2) is 6.20 Å². The van der Waals surface area contributed by atoms with Crippen LogP contribution in [0.3, 0.4) is 0 Å². The zero-order valence-corrected chi connectivity index (χ0v) is 10.4. The number of fused-ring (bicyclic) bond motifs is 1. The van der Waals surface area contributed by atoms with Crippen molar-refractivity contribution in [1.82, 2.24) is 19.7 Å². The van der Waals surface area contributed by atoms with Gasteiger partial charge in [-0.1, -0.05) is 11.6 Å². The minimum atomic E-state index is -0.596. The molecule has 3 heterocycles. The van der Waals surface area contributed by atoms with Crippen LogP contribution in [-0.4, -0.2) is 33.0 Å². The van der Waals surface area contributed by atoms with Gasteiger partial charge in [0.25, 0.3) is 5.95 Å². The van der Waals surface area contributed by atoms with E-state index in [4.69, 9.17) is 16.3 Å². The third kappa shape index (κ3) is 2.18. The van der Waals surface area contributed by atoms with Gasteiger partial charge in [0, 0.05) is 19.8 Å². The molecule has 0 radical (unpaired) electrons. The molecule has 0 bridgehead atoms. The third-order valence-electron chi connectivity index (χ3n) is 3.15. The average molecular weight is 271 g/mol. The molecule has 1 aliphatic rings. The van der Waals surface area contributed by atoms with E-state index in [9.17, 15) is 4.39 Å². The predicted octanol–water partition coefficient (Wildman–Crippen LogP) is 2.05. The maximum absolute atomic E-state index is 13.6. The molecule has 1 aliphatic heterocycles. The highest BCUT2D eigenvalue weighted by molar-refractivity contribution is 6.29. The minimum absolute atomic E-state index is 0.173. The predicted molar refractivity (Wildman–Crippen MR) is 63.8 cm³/mol. The fourth-order valence-corrected chi connectivity index (χ4v) is 2.31. The van der Waals surface area contributed by atoms with Crippen molar-refractivity contribution < 1.29 is 9.13 Å². The monoisotopic (exact) mass is 270 g/mol. The summed E-state index contributed by atoms with van der Waals surface area (Å²) in [6.07, 6.45) is 3.24. The van der Waals surface area contributed by atoms with Crippen molar-refractivity contribution >= 4 is 22.8 Å². The summed E-state index contributed by atoms with van der Waals surface area (Å²) in [5, 5.41) is 4.10. The molecule has 2 aromatic rings. The van der Waals surface area contributed by atoms with Gasteiger partial charge in [0.1, 0.15) is 5.15 Å². The van der Waals surface area contributed by atoms with E-state index in [0.29, 0.717) is 18.1 Å². The number of hydrogen-bond donors (Lipinski definition) is 0. The lowest BCUT2D eigenvalue weighted by atomic mass is 10.0. The number of aromatic nitrogens is 4. The maximum Gasteiger partial charge on any atom is 0.260 e. The van der Waals surface area contributed by atoms with Crippen LogP contribution in [0.1, 0.15) is 12.8 Å². The van der Waals surface area contributed by atoms with Crippen LogP contribution in [0.4, 0.5) is 4.39 Å². The van der Waals surface area contributed by atoms with Gasteiger partial charge in [-0.15, -0.1) is 5.10 Å². The van der Waals surface area contributed by atoms with Crippen LogP contribution >= 0.6 is 11.6 Å². The van der Waals surface area contributed by atoms with E-state index >= 15 is 0 Å². The van der Waals surface area contributed by atoms with E-state index in [2.05, 4.69) is 15.1 Å². The van der Waals surface area contributed by atoms with Gasteiger partial charge in [-0.05, 0) is 18.8 Å². The molecule has 0 unspecified atom stereocenters. The Kier molecular flexibility index (Phi) is 3.13. The fourth-order valence-electron chi connectivity index (χ4n) is 2.19. The van der Waals surface area contributed by atoms with Crippen LogP contribution in [0, 0.1) is 11.9 Å². The van der Waals surface area contributed by atoms with Gasteiger partial charge in [0.2, 0.25) is 0 Å². The van der Waals surface area contributed by atoms with Crippen molar-refractivity contribution in [3.8, 4) is 0 Å². The maximum atomic E-state index is 13.6. The smallest absolute Gasteiger partial charge is 0.260 e. The Balaban J connectivity index is 1.93. The Morgan fingerprint density at radius 1 is 1.44 bits per heavy atom. The Morgan fingerprint density at radius 2 is 2.22 bits per heavy atom. The van der Waals surface area contributed by atoms with Gasteiger partial charge in [0.15, 0.2) is 11.2 Å². The van der Waals surface area contributed by atoms with Crippen LogP contribution in [0.25, 0.3) is 11.2 Å². The third-order valence-corrected chi connectivity index (χ3v) is 3.33. The highest BCUT2D eigenvalue weighted by Crippen LogP contribution is 2.21. The zero-order valence-electron chi connectivity index (χ0n) is 9.64. The summed E-state index contributed by atoms with van der Waals surface area (Å²) in [6, 6.07) is 0. The molecule has 18 heavy (non-hydrogen) atoms. The Hall–Kier alpha value is -1.27. The second-order valence-electron chi connectivity index (χ2n) is 4.39. The largest absolute Gasteiger partial charge is 0.381 e. The molecule has 0 aliphatic carbocycles. The van der Waals surface area contributed by atoms with Crippen LogP contribution in [0.2, 0.25) is 5.15 Å². The van der Waals surface area contributed by atoms with Crippen molar-refractivity contribution in [3.05, 3.63) is 17.3 Å². The Bertz CT molecular complexity index is 567. The van der Waals surface area contributed by atoms with Crippen molar-refractivity contribution in [3.63, 3.8) is 0 Å². The van der Waals surface area contributed by atoms with E-state index < -0.39 is 5.95 Å². The van der Waals surface area contributed by atoms with Gasteiger partial charge < -0.3 is 4.74 Å². The SMILES string of the molecule is Fc1nn(CC2CCOCC2)c2nc(Cl)cnc12. The van der Waals surface area contributed by atoms with Gasteiger partial charge in [0.05, 0.1) is 6.20 Å². The van der Waals surface area contributed by atoms with Crippen molar-refractivity contribution in [1.29, 1.82) is 0 Å². The Morgan fingerprint density at radius 3 is 3.00 bits per heavy atom. The molecular formula is C11H12ClFN4O. The van der Waals surface area contributed by atoms with E-state index in [1.54, 1.807) is 4.68 Å². The molecule has 5 nitrogen and oxygen atoms in total. The van der Waals surface area contributed by atoms with Crippen molar-refractivity contribution in [2.24, 2.45) is 5.92 Å². The molecule has 0 atom stereocenters. The van der Waals surface area contributed by atoms with E-state index in [1.165, 1.54) is 6.20 Å². The first-order valence-corrected chi connectivity index (χ1v) is 6.24. The number of ether oxygens (including phenoxy) is 1. The van der Waals surface area contributed by atoms with Crippen molar-refractivity contribution in [2.45, 2.75) is 19.4 Å². The van der Waals surface area contributed by atoms with E-state index in [1.807, 2.05) is 0 Å². The van der Waals surface area contributed by atoms with E-state index in [0.717, 1.165) is 26.1 Å². The highest BCUT2D eigenvalue weighted by Gasteiger charge is 2.19. The second kappa shape index (κ2) is 4.78. The summed E-state index contributed by atoms with van der Waals surface area (Å²) >= 11 is 5.79. The lowest BCUT2D eigenvalue weighted by Gasteiger charge is -2.21. The molecule has 0 aromatic carbocycles. The second-order valence-corrected chi connectivity index (χ2v) is 4.78. The molecule has 7 heteroatoms. The summed E-state index contributed by atoms with van der Waals surface area (Å²) in [5.74, 6) is -0.164. The van der Waals surface area contributed by atoms with Gasteiger partial charge in [-0.3, -0.25) is 0 Å². The summed E-state index contributed by atoms with van der Waals surface area (Å²) in [4.78, 5) is 8.01. The highest BCUT2D eigenvalue weighted by atomic mass is 35.5. The Labute approximate surface area is 108 Å². The molecule has 3 rings (SSSR count). The first kappa shape index (κ1) is 11.8. The standard InChI is InChI=1S/C11H12ClFN4O/c12-8-5-14-9-10(13)16-17(11(9)15-8)6-7-1-3-18-4-2-7/h5,7H,1-4,6H2. The molecule has 0 saturated carbocycles. The molecule has 0 amide bonds. The molecule has 1 fully saturated rings. The molecule has 96 valence electrons. The molecular weight excluding hydrogens is 259 g/mol. The molecule has 2 aromatic heterocycles. The van der Waals surface area contributed by atoms with Crippen LogP contribution in [-0.2, 0) is 11.3 Å². The van der Waals surface area contributed by atoms with Gasteiger partial charge in [-0.2, -0.15) is 4.39 Å². The molecule has 1 saturated heterocycles. The van der Waals surface area contributed by atoms with Gasteiger partial charge >= 0.3 is 0 Å².